The topological polar surface area (TPSA) is 52.5 Å². The molecule has 3 nitrogen and oxygen atoms in total. The summed E-state index contributed by atoms with van der Waals surface area (Å²) in [5.74, 6) is 0. The molecule has 2 rings (SSSR count). The van der Waals surface area contributed by atoms with Gasteiger partial charge < -0.3 is 4.57 Å². The molecule has 2 aromatic rings. The van der Waals surface area contributed by atoms with Gasteiger partial charge in [-0.05, 0) is 24.3 Å². The SMILES string of the molecule is N#Cc1c(Cl)cccc1-n1cccc1C#N. The fourth-order valence-electron chi connectivity index (χ4n) is 1.51. The number of aromatic nitrogens is 1. The number of halogens is 1. The smallest absolute Gasteiger partial charge is 0.124 e. The van der Waals surface area contributed by atoms with Gasteiger partial charge in [0.15, 0.2) is 0 Å². The maximum atomic E-state index is 9.03. The van der Waals surface area contributed by atoms with E-state index in [4.69, 9.17) is 22.1 Å². The first-order chi connectivity index (χ1) is 7.77. The molecule has 0 saturated carbocycles. The molecule has 0 aliphatic heterocycles. The van der Waals surface area contributed by atoms with Crippen molar-refractivity contribution in [3.63, 3.8) is 0 Å². The van der Waals surface area contributed by atoms with Gasteiger partial charge in [-0.3, -0.25) is 0 Å². The molecule has 4 heteroatoms. The minimum atomic E-state index is 0.372. The van der Waals surface area contributed by atoms with Crippen molar-refractivity contribution in [3.05, 3.63) is 52.8 Å². The highest BCUT2D eigenvalue weighted by Gasteiger charge is 2.10. The van der Waals surface area contributed by atoms with Crippen LogP contribution in [0.3, 0.4) is 0 Å². The summed E-state index contributed by atoms with van der Waals surface area (Å²) in [6.07, 6.45) is 1.73. The first kappa shape index (κ1) is 10.3. The van der Waals surface area contributed by atoms with Gasteiger partial charge in [0, 0.05) is 6.20 Å². The third kappa shape index (κ3) is 1.54. The molecule has 0 spiro atoms. The van der Waals surface area contributed by atoms with Crippen LogP contribution >= 0.6 is 11.6 Å². The van der Waals surface area contributed by atoms with Crippen LogP contribution in [0, 0.1) is 22.7 Å². The summed E-state index contributed by atoms with van der Waals surface area (Å²) in [6, 6.07) is 12.7. The van der Waals surface area contributed by atoms with E-state index in [9.17, 15) is 0 Å². The molecule has 16 heavy (non-hydrogen) atoms. The van der Waals surface area contributed by atoms with E-state index in [-0.39, 0.29) is 0 Å². The zero-order valence-electron chi connectivity index (χ0n) is 8.18. The number of benzene rings is 1. The van der Waals surface area contributed by atoms with E-state index in [2.05, 4.69) is 6.07 Å². The predicted molar refractivity (Wildman–Crippen MR) is 60.2 cm³/mol. The van der Waals surface area contributed by atoms with Gasteiger partial charge >= 0.3 is 0 Å². The Balaban J connectivity index is 2.72. The Morgan fingerprint density at radius 3 is 2.56 bits per heavy atom. The fourth-order valence-corrected chi connectivity index (χ4v) is 1.72. The third-order valence-electron chi connectivity index (χ3n) is 2.23. The van der Waals surface area contributed by atoms with E-state index < -0.39 is 0 Å². The second-order valence-corrected chi connectivity index (χ2v) is 3.53. The summed E-state index contributed by atoms with van der Waals surface area (Å²) in [5, 5.41) is 18.3. The van der Waals surface area contributed by atoms with Crippen LogP contribution in [0.5, 0.6) is 0 Å². The van der Waals surface area contributed by atoms with E-state index in [1.165, 1.54) is 0 Å². The number of nitrogens with zero attached hydrogens (tertiary/aromatic N) is 3. The molecule has 1 heterocycles. The Kier molecular flexibility index (Phi) is 2.64. The summed E-state index contributed by atoms with van der Waals surface area (Å²) in [4.78, 5) is 0. The number of hydrogen-bond donors (Lipinski definition) is 0. The number of nitriles is 2. The molecule has 0 aliphatic rings. The molecule has 0 amide bonds. The molecule has 0 aliphatic carbocycles. The van der Waals surface area contributed by atoms with E-state index in [0.29, 0.717) is 22.0 Å². The molecule has 1 aromatic heterocycles. The van der Waals surface area contributed by atoms with Gasteiger partial charge in [-0.2, -0.15) is 10.5 Å². The monoisotopic (exact) mass is 227 g/mol. The quantitative estimate of drug-likeness (QED) is 0.752. The Hall–Kier alpha value is -2.23. The molecule has 0 N–H and O–H groups in total. The van der Waals surface area contributed by atoms with Gasteiger partial charge in [0.1, 0.15) is 17.8 Å². The lowest BCUT2D eigenvalue weighted by Gasteiger charge is -2.07. The van der Waals surface area contributed by atoms with Crippen LogP contribution in [-0.4, -0.2) is 4.57 Å². The summed E-state index contributed by atoms with van der Waals surface area (Å²) < 4.78 is 1.64. The van der Waals surface area contributed by atoms with Crippen molar-refractivity contribution < 1.29 is 0 Å². The molecular weight excluding hydrogens is 222 g/mol. The minimum Gasteiger partial charge on any atom is -0.307 e. The Morgan fingerprint density at radius 1 is 1.06 bits per heavy atom. The van der Waals surface area contributed by atoms with Crippen molar-refractivity contribution in [2.45, 2.75) is 0 Å². The Bertz CT molecular complexity index is 614. The first-order valence-electron chi connectivity index (χ1n) is 4.54. The lowest BCUT2D eigenvalue weighted by atomic mass is 10.2. The molecule has 0 saturated heterocycles. The fraction of sp³-hybridized carbons (Fsp3) is 0. The lowest BCUT2D eigenvalue weighted by molar-refractivity contribution is 1.05. The minimum absolute atomic E-state index is 0.372. The standard InChI is InChI=1S/C12H6ClN3/c13-11-4-1-5-12(10(11)8-15)16-6-2-3-9(16)7-14/h1-6H. The normalized spacial score (nSPS) is 9.44. The van der Waals surface area contributed by atoms with Crippen LogP contribution < -0.4 is 0 Å². The largest absolute Gasteiger partial charge is 0.307 e. The maximum absolute atomic E-state index is 9.03. The molecule has 0 fully saturated rings. The highest BCUT2D eigenvalue weighted by molar-refractivity contribution is 6.32. The van der Waals surface area contributed by atoms with Crippen molar-refractivity contribution >= 4 is 11.6 Å². The average molecular weight is 228 g/mol. The molecule has 1 aromatic carbocycles. The summed E-state index contributed by atoms with van der Waals surface area (Å²) in [7, 11) is 0. The van der Waals surface area contributed by atoms with Gasteiger partial charge in [-0.15, -0.1) is 0 Å². The van der Waals surface area contributed by atoms with Crippen molar-refractivity contribution in [1.29, 1.82) is 10.5 Å². The second kappa shape index (κ2) is 4.10. The van der Waals surface area contributed by atoms with Crippen molar-refractivity contribution in [1.82, 2.24) is 4.57 Å². The van der Waals surface area contributed by atoms with E-state index >= 15 is 0 Å². The zero-order chi connectivity index (χ0) is 11.5. The predicted octanol–water partition coefficient (Wildman–Crippen LogP) is 2.87. The number of hydrogen-bond acceptors (Lipinski definition) is 2. The van der Waals surface area contributed by atoms with Gasteiger partial charge in [-0.1, -0.05) is 17.7 Å². The van der Waals surface area contributed by atoms with Crippen LogP contribution in [0.25, 0.3) is 5.69 Å². The summed E-state index contributed by atoms with van der Waals surface area (Å²) in [6.45, 7) is 0. The van der Waals surface area contributed by atoms with E-state index in [1.54, 1.807) is 41.1 Å². The number of rotatable bonds is 1. The van der Waals surface area contributed by atoms with Gasteiger partial charge in [0.2, 0.25) is 0 Å². The van der Waals surface area contributed by atoms with Gasteiger partial charge in [0.25, 0.3) is 0 Å². The summed E-state index contributed by atoms with van der Waals surface area (Å²) >= 11 is 5.92. The van der Waals surface area contributed by atoms with E-state index in [0.717, 1.165) is 0 Å². The van der Waals surface area contributed by atoms with Gasteiger partial charge in [-0.25, -0.2) is 0 Å². The molecule has 76 valence electrons. The van der Waals surface area contributed by atoms with Crippen LogP contribution in [0.4, 0.5) is 0 Å². The van der Waals surface area contributed by atoms with Crippen molar-refractivity contribution in [3.8, 4) is 17.8 Å². The van der Waals surface area contributed by atoms with E-state index in [1.807, 2.05) is 6.07 Å². The third-order valence-corrected chi connectivity index (χ3v) is 2.54. The maximum Gasteiger partial charge on any atom is 0.124 e. The van der Waals surface area contributed by atoms with Crippen LogP contribution in [0.2, 0.25) is 5.02 Å². The first-order valence-corrected chi connectivity index (χ1v) is 4.92. The highest BCUT2D eigenvalue weighted by Crippen LogP contribution is 2.23. The Labute approximate surface area is 97.7 Å². The van der Waals surface area contributed by atoms with Crippen molar-refractivity contribution in [2.75, 3.05) is 0 Å². The zero-order valence-corrected chi connectivity index (χ0v) is 8.94. The van der Waals surface area contributed by atoms with Gasteiger partial charge in [0.05, 0.1) is 16.3 Å². The highest BCUT2D eigenvalue weighted by atomic mass is 35.5. The lowest BCUT2D eigenvalue weighted by Crippen LogP contribution is -1.98. The average Bonchev–Trinajstić information content (AvgIpc) is 2.76. The molecule has 0 radical (unpaired) electrons. The van der Waals surface area contributed by atoms with Crippen molar-refractivity contribution in [2.24, 2.45) is 0 Å². The Morgan fingerprint density at radius 2 is 1.88 bits per heavy atom. The molecule has 0 bridgehead atoms. The summed E-state index contributed by atoms with van der Waals surface area (Å²) in [5.41, 5.74) is 1.46. The second-order valence-electron chi connectivity index (χ2n) is 3.12. The van der Waals surface area contributed by atoms with Crippen LogP contribution in [0.15, 0.2) is 36.5 Å². The van der Waals surface area contributed by atoms with Crippen LogP contribution in [0.1, 0.15) is 11.3 Å². The molecule has 0 unspecified atom stereocenters. The van der Waals surface area contributed by atoms with Crippen LogP contribution in [-0.2, 0) is 0 Å². The molecule has 0 atom stereocenters. The molecular formula is C12H6ClN3.